The largest absolute Gasteiger partial charge is 0.367 e. The van der Waals surface area contributed by atoms with Crippen LogP contribution in [0.15, 0.2) is 16.7 Å². The Morgan fingerprint density at radius 2 is 2.06 bits per heavy atom. The van der Waals surface area contributed by atoms with E-state index < -0.39 is 0 Å². The zero-order valence-corrected chi connectivity index (χ0v) is 12.3. The van der Waals surface area contributed by atoms with Gasteiger partial charge in [0.15, 0.2) is 0 Å². The molecule has 0 spiro atoms. The van der Waals surface area contributed by atoms with E-state index >= 15 is 0 Å². The number of aromatic nitrogens is 1. The monoisotopic (exact) mass is 296 g/mol. The Morgan fingerprint density at radius 1 is 1.35 bits per heavy atom. The summed E-state index contributed by atoms with van der Waals surface area (Å²) in [6.07, 6.45) is 8.79. The van der Waals surface area contributed by atoms with E-state index in [1.807, 2.05) is 6.20 Å². The van der Waals surface area contributed by atoms with E-state index in [0.29, 0.717) is 6.04 Å². The van der Waals surface area contributed by atoms with E-state index in [4.69, 9.17) is 0 Å². The summed E-state index contributed by atoms with van der Waals surface area (Å²) >= 11 is 3.45. The molecule has 1 N–H and O–H groups in total. The molecule has 2 rings (SSSR count). The maximum atomic E-state index is 4.45. The van der Waals surface area contributed by atoms with E-state index in [2.05, 4.69) is 46.1 Å². The predicted octanol–water partition coefficient (Wildman–Crippen LogP) is 4.53. The summed E-state index contributed by atoms with van der Waals surface area (Å²) in [5.41, 5.74) is 1.21. The lowest BCUT2D eigenvalue weighted by molar-refractivity contribution is 0.328. The molecule has 1 aliphatic rings. The maximum absolute atomic E-state index is 4.45. The molecule has 17 heavy (non-hydrogen) atoms. The van der Waals surface area contributed by atoms with Gasteiger partial charge in [-0.05, 0) is 60.2 Å². The Hall–Kier alpha value is -0.570. The van der Waals surface area contributed by atoms with Crippen LogP contribution in [0.25, 0.3) is 0 Å². The second-order valence-corrected chi connectivity index (χ2v) is 6.07. The van der Waals surface area contributed by atoms with Crippen LogP contribution < -0.4 is 5.32 Å². The molecule has 1 heterocycles. The van der Waals surface area contributed by atoms with Gasteiger partial charge in [0.25, 0.3) is 0 Å². The standard InChI is InChI=1S/C14H21BrN2/c1-10-8-13(15)9-16-14(10)17-11(2)12-6-4-3-5-7-12/h8-9,11-12H,3-7H2,1-2H3,(H,16,17). The Balaban J connectivity index is 1.99. The summed E-state index contributed by atoms with van der Waals surface area (Å²) in [5.74, 6) is 1.85. The lowest BCUT2D eigenvalue weighted by atomic mass is 9.84. The van der Waals surface area contributed by atoms with Crippen LogP contribution in [-0.2, 0) is 0 Å². The SMILES string of the molecule is Cc1cc(Br)cnc1NC(C)C1CCCCC1. The Morgan fingerprint density at radius 3 is 2.71 bits per heavy atom. The van der Waals surface area contributed by atoms with Gasteiger partial charge in [0, 0.05) is 16.7 Å². The number of pyridine rings is 1. The minimum Gasteiger partial charge on any atom is -0.367 e. The van der Waals surface area contributed by atoms with E-state index in [1.165, 1.54) is 37.7 Å². The van der Waals surface area contributed by atoms with Crippen molar-refractivity contribution in [3.8, 4) is 0 Å². The van der Waals surface area contributed by atoms with Gasteiger partial charge in [0.05, 0.1) is 0 Å². The third-order valence-electron chi connectivity index (χ3n) is 3.77. The molecule has 1 unspecified atom stereocenters. The number of anilines is 1. The second kappa shape index (κ2) is 5.85. The summed E-state index contributed by atoms with van der Waals surface area (Å²) in [6.45, 7) is 4.40. The van der Waals surface area contributed by atoms with Crippen LogP contribution in [0.5, 0.6) is 0 Å². The number of hydrogen-bond donors (Lipinski definition) is 1. The average Bonchev–Trinajstić information content (AvgIpc) is 2.34. The first-order valence-electron chi connectivity index (χ1n) is 6.55. The highest BCUT2D eigenvalue weighted by atomic mass is 79.9. The van der Waals surface area contributed by atoms with Gasteiger partial charge in [-0.1, -0.05) is 19.3 Å². The van der Waals surface area contributed by atoms with Crippen molar-refractivity contribution in [3.63, 3.8) is 0 Å². The third-order valence-corrected chi connectivity index (χ3v) is 4.20. The van der Waals surface area contributed by atoms with Gasteiger partial charge in [-0.25, -0.2) is 4.98 Å². The molecule has 1 aromatic heterocycles. The fourth-order valence-corrected chi connectivity index (χ4v) is 3.11. The first kappa shape index (κ1) is 12.9. The van der Waals surface area contributed by atoms with Crippen molar-refractivity contribution in [1.29, 1.82) is 0 Å². The van der Waals surface area contributed by atoms with Crippen LogP contribution in [0, 0.1) is 12.8 Å². The third kappa shape index (κ3) is 3.44. The summed E-state index contributed by atoms with van der Waals surface area (Å²) in [5, 5.41) is 3.58. The van der Waals surface area contributed by atoms with Crippen molar-refractivity contribution in [1.82, 2.24) is 4.98 Å². The molecule has 0 bridgehead atoms. The second-order valence-electron chi connectivity index (χ2n) is 5.15. The van der Waals surface area contributed by atoms with Crippen LogP contribution in [-0.4, -0.2) is 11.0 Å². The van der Waals surface area contributed by atoms with Gasteiger partial charge in [-0.3, -0.25) is 0 Å². The maximum Gasteiger partial charge on any atom is 0.129 e. The lowest BCUT2D eigenvalue weighted by Crippen LogP contribution is -2.28. The van der Waals surface area contributed by atoms with Crippen molar-refractivity contribution < 1.29 is 0 Å². The summed E-state index contributed by atoms with van der Waals surface area (Å²) < 4.78 is 1.05. The first-order chi connectivity index (χ1) is 8.16. The summed E-state index contributed by atoms with van der Waals surface area (Å²) in [4.78, 5) is 4.45. The van der Waals surface area contributed by atoms with Crippen LogP contribution in [0.2, 0.25) is 0 Å². The van der Waals surface area contributed by atoms with Gasteiger partial charge < -0.3 is 5.32 Å². The first-order valence-corrected chi connectivity index (χ1v) is 7.35. The molecule has 2 nitrogen and oxygen atoms in total. The number of nitrogens with one attached hydrogen (secondary N) is 1. The summed E-state index contributed by atoms with van der Waals surface area (Å²) in [6, 6.07) is 2.64. The molecule has 0 aromatic carbocycles. The van der Waals surface area contributed by atoms with Crippen LogP contribution in [0.3, 0.4) is 0 Å². The normalized spacial score (nSPS) is 19.0. The Kier molecular flexibility index (Phi) is 4.43. The molecule has 1 aromatic rings. The van der Waals surface area contributed by atoms with Crippen molar-refractivity contribution in [2.75, 3.05) is 5.32 Å². The molecule has 3 heteroatoms. The van der Waals surface area contributed by atoms with Crippen molar-refractivity contribution in [3.05, 3.63) is 22.3 Å². The molecule has 0 radical (unpaired) electrons. The summed E-state index contributed by atoms with van der Waals surface area (Å²) in [7, 11) is 0. The molecule has 1 atom stereocenters. The van der Waals surface area contributed by atoms with Crippen molar-refractivity contribution in [2.45, 2.75) is 52.0 Å². The Labute approximate surface area is 112 Å². The highest BCUT2D eigenvalue weighted by Gasteiger charge is 2.20. The lowest BCUT2D eigenvalue weighted by Gasteiger charge is -2.29. The van der Waals surface area contributed by atoms with Crippen LogP contribution in [0.1, 0.15) is 44.6 Å². The fourth-order valence-electron chi connectivity index (χ4n) is 2.66. The van der Waals surface area contributed by atoms with Crippen molar-refractivity contribution in [2.24, 2.45) is 5.92 Å². The zero-order chi connectivity index (χ0) is 12.3. The smallest absolute Gasteiger partial charge is 0.129 e. The molecule has 0 aliphatic heterocycles. The Bertz CT molecular complexity index is 372. The molecular weight excluding hydrogens is 276 g/mol. The highest BCUT2D eigenvalue weighted by molar-refractivity contribution is 9.10. The average molecular weight is 297 g/mol. The molecule has 94 valence electrons. The van der Waals surface area contributed by atoms with Gasteiger partial charge in [0.2, 0.25) is 0 Å². The quantitative estimate of drug-likeness (QED) is 0.886. The number of nitrogens with zero attached hydrogens (tertiary/aromatic N) is 1. The number of rotatable bonds is 3. The minimum absolute atomic E-state index is 0.530. The number of halogens is 1. The molecule has 1 saturated carbocycles. The number of aryl methyl sites for hydroxylation is 1. The van der Waals surface area contributed by atoms with Gasteiger partial charge in [-0.2, -0.15) is 0 Å². The molecule has 1 aliphatic carbocycles. The van der Waals surface area contributed by atoms with Gasteiger partial charge in [-0.15, -0.1) is 0 Å². The molecule has 1 fully saturated rings. The van der Waals surface area contributed by atoms with E-state index in [-0.39, 0.29) is 0 Å². The fraction of sp³-hybridized carbons (Fsp3) is 0.643. The van der Waals surface area contributed by atoms with Gasteiger partial charge in [0.1, 0.15) is 5.82 Å². The molecule has 0 amide bonds. The molecule has 0 saturated heterocycles. The van der Waals surface area contributed by atoms with E-state index in [1.54, 1.807) is 0 Å². The molecular formula is C14H21BrN2. The van der Waals surface area contributed by atoms with Crippen LogP contribution >= 0.6 is 15.9 Å². The van der Waals surface area contributed by atoms with Crippen LogP contribution in [0.4, 0.5) is 5.82 Å². The minimum atomic E-state index is 0.530. The van der Waals surface area contributed by atoms with E-state index in [0.717, 1.165) is 16.2 Å². The zero-order valence-electron chi connectivity index (χ0n) is 10.7. The van der Waals surface area contributed by atoms with Crippen molar-refractivity contribution >= 4 is 21.7 Å². The highest BCUT2D eigenvalue weighted by Crippen LogP contribution is 2.28. The predicted molar refractivity (Wildman–Crippen MR) is 76.3 cm³/mol. The van der Waals surface area contributed by atoms with E-state index in [9.17, 15) is 0 Å². The van der Waals surface area contributed by atoms with Gasteiger partial charge >= 0.3 is 0 Å². The number of hydrogen-bond acceptors (Lipinski definition) is 2. The topological polar surface area (TPSA) is 24.9 Å².